The highest BCUT2D eigenvalue weighted by Crippen LogP contribution is 2.25. The molecule has 1 N–H and O–H groups in total. The number of ether oxygens (including phenoxy) is 3. The van der Waals surface area contributed by atoms with Crippen LogP contribution in [0.15, 0.2) is 0 Å². The quantitative estimate of drug-likeness (QED) is 0.0271. The van der Waals surface area contributed by atoms with Gasteiger partial charge in [-0.25, -0.2) is 0 Å². The van der Waals surface area contributed by atoms with Crippen LogP contribution in [0.2, 0.25) is 0 Å². The minimum Gasteiger partial charge on any atom is -0.465 e. The van der Waals surface area contributed by atoms with Gasteiger partial charge < -0.3 is 29.3 Å². The Labute approximate surface area is 463 Å². The first-order valence-electron chi connectivity index (χ1n) is 29.2. The molecule has 0 rings (SSSR count). The molecule has 422 valence electrons. The molecule has 0 aliphatic carbocycles. The van der Waals surface area contributed by atoms with Crippen LogP contribution in [0.3, 0.4) is 0 Å². The summed E-state index contributed by atoms with van der Waals surface area (Å²) in [5.74, 6) is 5.41. The molecular weight excluding hydrogens is 1000 g/mol. The SMILES string of the molecule is CCCCCCCCCCCCSSCCOC(=O)CCNCCN(C)CCN(CCC(=O)OCCSSCCCCCCCCCCCC)CCC(=O)OCCSSCCCCCCCCCCCC. The Bertz CT molecular complexity index is 1070. The lowest BCUT2D eigenvalue weighted by atomic mass is 10.1. The van der Waals surface area contributed by atoms with Gasteiger partial charge in [-0.05, 0) is 26.3 Å². The van der Waals surface area contributed by atoms with Gasteiger partial charge in [-0.15, -0.1) is 0 Å². The number of hydrogen-bond donors (Lipinski definition) is 1. The predicted molar refractivity (Wildman–Crippen MR) is 324 cm³/mol. The Balaban J connectivity index is 4.32. The van der Waals surface area contributed by atoms with Crippen LogP contribution in [-0.2, 0) is 28.6 Å². The van der Waals surface area contributed by atoms with E-state index in [9.17, 15) is 14.4 Å². The van der Waals surface area contributed by atoms with Crippen LogP contribution < -0.4 is 5.32 Å². The molecule has 0 fully saturated rings. The van der Waals surface area contributed by atoms with E-state index in [-0.39, 0.29) is 17.9 Å². The zero-order chi connectivity index (χ0) is 51.6. The summed E-state index contributed by atoms with van der Waals surface area (Å²) in [7, 11) is 13.2. The minimum absolute atomic E-state index is 0.145. The van der Waals surface area contributed by atoms with Crippen LogP contribution in [0, 0.1) is 0 Å². The molecule has 0 aromatic rings. The third-order valence-corrected chi connectivity index (χ3v) is 19.9. The first kappa shape index (κ1) is 71.4. The predicted octanol–water partition coefficient (Wildman–Crippen LogP) is 16.5. The van der Waals surface area contributed by atoms with Crippen molar-refractivity contribution < 1.29 is 28.6 Å². The molecule has 9 nitrogen and oxygen atoms in total. The van der Waals surface area contributed by atoms with Crippen molar-refractivity contribution in [1.29, 1.82) is 0 Å². The summed E-state index contributed by atoms with van der Waals surface area (Å²) in [4.78, 5) is 42.2. The molecule has 0 radical (unpaired) electrons. The van der Waals surface area contributed by atoms with Crippen molar-refractivity contribution in [2.45, 2.75) is 233 Å². The Hall–Kier alpha value is 0.390. The second kappa shape index (κ2) is 61.2. The molecule has 0 unspecified atom stereocenters. The number of rotatable bonds is 60. The van der Waals surface area contributed by atoms with Crippen molar-refractivity contribution in [3.05, 3.63) is 0 Å². The summed E-state index contributed by atoms with van der Waals surface area (Å²) in [6.07, 6.45) is 41.7. The molecule has 0 bridgehead atoms. The molecule has 15 heteroatoms. The van der Waals surface area contributed by atoms with Gasteiger partial charge in [0.25, 0.3) is 0 Å². The zero-order valence-electron chi connectivity index (χ0n) is 46.4. The Kier molecular flexibility index (Phi) is 61.6. The van der Waals surface area contributed by atoms with E-state index >= 15 is 0 Å². The van der Waals surface area contributed by atoms with Crippen molar-refractivity contribution in [2.24, 2.45) is 0 Å². The van der Waals surface area contributed by atoms with Gasteiger partial charge in [0.2, 0.25) is 0 Å². The minimum atomic E-state index is -0.182. The molecule has 0 amide bonds. The number of nitrogens with zero attached hydrogens (tertiary/aromatic N) is 2. The van der Waals surface area contributed by atoms with E-state index in [0.717, 1.165) is 54.9 Å². The van der Waals surface area contributed by atoms with Gasteiger partial charge in [0.05, 0.1) is 19.3 Å². The summed E-state index contributed by atoms with van der Waals surface area (Å²) < 4.78 is 16.7. The summed E-state index contributed by atoms with van der Waals surface area (Å²) in [5, 5.41) is 3.38. The van der Waals surface area contributed by atoms with E-state index < -0.39 is 0 Å². The number of nitrogens with one attached hydrogen (secondary N) is 1. The lowest BCUT2D eigenvalue weighted by Gasteiger charge is -2.25. The molecule has 0 aliphatic heterocycles. The van der Waals surface area contributed by atoms with Crippen molar-refractivity contribution >= 4 is 82.7 Å². The van der Waals surface area contributed by atoms with E-state index in [1.54, 1.807) is 21.6 Å². The van der Waals surface area contributed by atoms with Crippen molar-refractivity contribution in [1.82, 2.24) is 15.1 Å². The van der Waals surface area contributed by atoms with Crippen molar-refractivity contribution in [3.63, 3.8) is 0 Å². The number of unbranched alkanes of at least 4 members (excludes halogenated alkanes) is 27. The number of carbonyl (C=O) groups excluding carboxylic acids is 3. The fourth-order valence-corrected chi connectivity index (χ4v) is 13.8. The highest BCUT2D eigenvalue weighted by Gasteiger charge is 2.14. The van der Waals surface area contributed by atoms with Gasteiger partial charge in [-0.3, -0.25) is 14.4 Å². The Morgan fingerprint density at radius 2 is 0.634 bits per heavy atom. The summed E-state index contributed by atoms with van der Waals surface area (Å²) in [6, 6.07) is 0. The summed E-state index contributed by atoms with van der Waals surface area (Å²) >= 11 is 0. The van der Waals surface area contributed by atoms with E-state index in [2.05, 4.69) is 42.9 Å². The van der Waals surface area contributed by atoms with E-state index in [1.165, 1.54) is 198 Å². The van der Waals surface area contributed by atoms with Crippen LogP contribution in [0.1, 0.15) is 233 Å². The molecule has 0 aromatic heterocycles. The molecule has 0 aromatic carbocycles. The molecular formula is C56H111N3O6S6. The van der Waals surface area contributed by atoms with E-state index in [4.69, 9.17) is 14.2 Å². The van der Waals surface area contributed by atoms with Crippen LogP contribution >= 0.6 is 64.8 Å². The average Bonchev–Trinajstić information content (AvgIpc) is 3.37. The maximum absolute atomic E-state index is 12.7. The monoisotopic (exact) mass is 1110 g/mol. The zero-order valence-corrected chi connectivity index (χ0v) is 51.3. The van der Waals surface area contributed by atoms with Crippen LogP contribution in [0.5, 0.6) is 0 Å². The highest BCUT2D eigenvalue weighted by molar-refractivity contribution is 8.77. The number of carbonyl (C=O) groups is 3. The van der Waals surface area contributed by atoms with Gasteiger partial charge in [0, 0.05) is 80.3 Å². The first-order valence-corrected chi connectivity index (χ1v) is 36.7. The van der Waals surface area contributed by atoms with Crippen molar-refractivity contribution in [3.8, 4) is 0 Å². The number of likely N-dealkylation sites (N-methyl/N-ethyl adjacent to an activating group) is 1. The van der Waals surface area contributed by atoms with Gasteiger partial charge in [-0.1, -0.05) is 259 Å². The van der Waals surface area contributed by atoms with E-state index in [1.807, 2.05) is 43.2 Å². The topological polar surface area (TPSA) is 97.4 Å². The number of esters is 3. The molecule has 71 heavy (non-hydrogen) atoms. The second-order valence-corrected chi connectivity index (χ2v) is 27.4. The smallest absolute Gasteiger partial charge is 0.307 e. The van der Waals surface area contributed by atoms with Crippen LogP contribution in [0.25, 0.3) is 0 Å². The Morgan fingerprint density at radius 3 is 0.972 bits per heavy atom. The standard InChI is InChI=1S/C56H111N3O6S6/c1-5-8-11-14-17-20-23-26-29-32-48-66-69-51-45-63-54(60)35-38-57-39-42-58(4)43-44-59(40-36-55(61)64-46-52-70-67-49-33-30-27-24-21-18-15-12-9-6-2)41-37-56(62)65-47-53-71-68-50-34-31-28-25-22-19-16-13-10-7-3/h57H,5-53H2,1-4H3. The normalized spacial score (nSPS) is 11.6. The first-order chi connectivity index (χ1) is 34.9. The largest absolute Gasteiger partial charge is 0.465 e. The number of hydrogen-bond acceptors (Lipinski definition) is 15. The average molecular weight is 1110 g/mol. The maximum atomic E-state index is 12.7. The molecule has 0 aliphatic rings. The Morgan fingerprint density at radius 1 is 0.338 bits per heavy atom. The lowest BCUT2D eigenvalue weighted by molar-refractivity contribution is -0.144. The van der Waals surface area contributed by atoms with Gasteiger partial charge >= 0.3 is 17.9 Å². The van der Waals surface area contributed by atoms with Crippen LogP contribution in [0.4, 0.5) is 0 Å². The molecule has 0 saturated heterocycles. The van der Waals surface area contributed by atoms with Gasteiger partial charge in [0.15, 0.2) is 0 Å². The van der Waals surface area contributed by atoms with E-state index in [0.29, 0.717) is 58.7 Å². The summed E-state index contributed by atoms with van der Waals surface area (Å²) in [6.45, 7) is 13.0. The fraction of sp³-hybridized carbons (Fsp3) is 0.946. The molecule has 0 saturated carbocycles. The molecule has 0 atom stereocenters. The molecule has 0 heterocycles. The molecule has 0 spiro atoms. The third kappa shape index (κ3) is 59.5. The summed E-state index contributed by atoms with van der Waals surface area (Å²) in [5.41, 5.74) is 0. The van der Waals surface area contributed by atoms with Gasteiger partial charge in [-0.2, -0.15) is 0 Å². The maximum Gasteiger partial charge on any atom is 0.307 e. The lowest BCUT2D eigenvalue weighted by Crippen LogP contribution is -2.38. The highest BCUT2D eigenvalue weighted by atomic mass is 33.1. The van der Waals surface area contributed by atoms with Gasteiger partial charge in [0.1, 0.15) is 19.8 Å². The fourth-order valence-electron chi connectivity index (χ4n) is 7.93. The van der Waals surface area contributed by atoms with Crippen molar-refractivity contribution in [2.75, 3.05) is 107 Å². The van der Waals surface area contributed by atoms with Crippen LogP contribution in [-0.4, -0.2) is 135 Å². The second-order valence-electron chi connectivity index (χ2n) is 19.3. The third-order valence-electron chi connectivity index (χ3n) is 12.5.